The van der Waals surface area contributed by atoms with Crippen LogP contribution in [0.3, 0.4) is 0 Å². The lowest BCUT2D eigenvalue weighted by Crippen LogP contribution is -2.31. The summed E-state index contributed by atoms with van der Waals surface area (Å²) in [7, 11) is 0. The third-order valence-electron chi connectivity index (χ3n) is 5.18. The van der Waals surface area contributed by atoms with Crippen molar-refractivity contribution in [1.29, 1.82) is 0 Å². The van der Waals surface area contributed by atoms with Crippen LogP contribution in [0, 0.1) is 0 Å². The highest BCUT2D eigenvalue weighted by Gasteiger charge is 2.28. The Balaban J connectivity index is 1.37. The first-order valence-corrected chi connectivity index (χ1v) is 10.1. The van der Waals surface area contributed by atoms with Gasteiger partial charge < -0.3 is 14.8 Å². The van der Waals surface area contributed by atoms with Crippen molar-refractivity contribution >= 4 is 5.91 Å². The molecule has 31 heavy (non-hydrogen) atoms. The number of pyridine rings is 1. The summed E-state index contributed by atoms with van der Waals surface area (Å²) in [6.07, 6.45) is 3.48. The fourth-order valence-electron chi connectivity index (χ4n) is 3.66. The first-order chi connectivity index (χ1) is 15.3. The van der Waals surface area contributed by atoms with Crippen LogP contribution in [0.4, 0.5) is 0 Å². The van der Waals surface area contributed by atoms with Gasteiger partial charge in [0.1, 0.15) is 23.9 Å². The normalized spacial score (nSPS) is 12.3. The van der Waals surface area contributed by atoms with Crippen LogP contribution in [0.15, 0.2) is 97.3 Å². The van der Waals surface area contributed by atoms with Crippen LogP contribution in [-0.4, -0.2) is 10.9 Å². The molecule has 2 heterocycles. The predicted octanol–water partition coefficient (Wildman–Crippen LogP) is 5.29. The molecule has 1 N–H and O–H groups in total. The predicted molar refractivity (Wildman–Crippen MR) is 117 cm³/mol. The van der Waals surface area contributed by atoms with Crippen molar-refractivity contribution in [1.82, 2.24) is 10.3 Å². The van der Waals surface area contributed by atoms with Crippen molar-refractivity contribution in [2.45, 2.75) is 12.6 Å². The summed E-state index contributed by atoms with van der Waals surface area (Å²) in [6, 6.07) is 26.2. The number of nitrogens with one attached hydrogen (secondary N) is 1. The first kappa shape index (κ1) is 18.9. The van der Waals surface area contributed by atoms with E-state index in [2.05, 4.69) is 10.3 Å². The quantitative estimate of drug-likeness (QED) is 0.488. The Kier molecular flexibility index (Phi) is 5.07. The number of aromatic nitrogens is 1. The summed E-state index contributed by atoms with van der Waals surface area (Å²) in [4.78, 5) is 17.2. The Morgan fingerprint density at radius 2 is 1.65 bits per heavy atom. The Morgan fingerprint density at radius 3 is 2.35 bits per heavy atom. The Morgan fingerprint density at radius 1 is 0.903 bits per heavy atom. The number of nitrogens with zero attached hydrogens (tertiary/aromatic N) is 1. The molecule has 1 amide bonds. The van der Waals surface area contributed by atoms with Crippen molar-refractivity contribution in [3.63, 3.8) is 0 Å². The van der Waals surface area contributed by atoms with Crippen molar-refractivity contribution in [2.75, 3.05) is 0 Å². The molecule has 0 unspecified atom stereocenters. The number of hydrogen-bond acceptors (Lipinski definition) is 4. The third kappa shape index (κ3) is 3.98. The molecule has 3 aromatic carbocycles. The van der Waals surface area contributed by atoms with Gasteiger partial charge in [0.2, 0.25) is 0 Å². The van der Waals surface area contributed by atoms with Gasteiger partial charge >= 0.3 is 0 Å². The molecule has 5 rings (SSSR count). The maximum Gasteiger partial charge on any atom is 0.252 e. The van der Waals surface area contributed by atoms with Crippen LogP contribution >= 0.6 is 0 Å². The van der Waals surface area contributed by atoms with E-state index in [9.17, 15) is 4.79 Å². The molecule has 0 aliphatic carbocycles. The highest BCUT2D eigenvalue weighted by Crippen LogP contribution is 2.42. The molecule has 0 fully saturated rings. The van der Waals surface area contributed by atoms with Gasteiger partial charge in [0, 0.05) is 34.6 Å². The fraction of sp³-hybridized carbons (Fsp3) is 0.0769. The Hall–Kier alpha value is -4.12. The average Bonchev–Trinajstić information content (AvgIpc) is 2.83. The van der Waals surface area contributed by atoms with E-state index in [1.807, 2.05) is 72.8 Å². The smallest absolute Gasteiger partial charge is 0.252 e. The van der Waals surface area contributed by atoms with Gasteiger partial charge in [-0.1, -0.05) is 48.5 Å². The fourth-order valence-corrected chi connectivity index (χ4v) is 3.66. The molecule has 0 bridgehead atoms. The van der Waals surface area contributed by atoms with Gasteiger partial charge in [0.05, 0.1) is 6.04 Å². The molecule has 1 aromatic heterocycles. The third-order valence-corrected chi connectivity index (χ3v) is 5.18. The monoisotopic (exact) mass is 408 g/mol. The number of rotatable bonds is 5. The maximum atomic E-state index is 13.1. The molecule has 0 saturated heterocycles. The minimum absolute atomic E-state index is 0.177. The zero-order valence-electron chi connectivity index (χ0n) is 16.7. The number of carbonyl (C=O) groups is 1. The number of fused-ring (bicyclic) bond motifs is 2. The number of para-hydroxylation sites is 2. The van der Waals surface area contributed by atoms with Crippen molar-refractivity contribution in [2.24, 2.45) is 0 Å². The molecule has 0 radical (unpaired) electrons. The summed E-state index contributed by atoms with van der Waals surface area (Å²) in [5, 5.41) is 3.16. The van der Waals surface area contributed by atoms with Gasteiger partial charge in [-0.05, 0) is 36.4 Å². The molecule has 5 heteroatoms. The molecule has 5 nitrogen and oxygen atoms in total. The molecule has 1 aliphatic heterocycles. The lowest BCUT2D eigenvalue weighted by atomic mass is 9.94. The van der Waals surface area contributed by atoms with Gasteiger partial charge in [0.15, 0.2) is 0 Å². The second-order valence-electron chi connectivity index (χ2n) is 7.26. The second kappa shape index (κ2) is 8.32. The Labute approximate surface area is 180 Å². The maximum absolute atomic E-state index is 13.1. The van der Waals surface area contributed by atoms with Gasteiger partial charge in [-0.3, -0.25) is 9.78 Å². The topological polar surface area (TPSA) is 60.5 Å². The number of amides is 1. The zero-order chi connectivity index (χ0) is 21.0. The van der Waals surface area contributed by atoms with Crippen molar-refractivity contribution < 1.29 is 14.3 Å². The molecule has 0 atom stereocenters. The first-order valence-electron chi connectivity index (χ1n) is 10.1. The van der Waals surface area contributed by atoms with E-state index in [0.29, 0.717) is 17.9 Å². The molecule has 0 spiro atoms. The number of ether oxygens (including phenoxy) is 2. The summed E-state index contributed by atoms with van der Waals surface area (Å²) in [5.41, 5.74) is 3.36. The van der Waals surface area contributed by atoms with Gasteiger partial charge in [-0.15, -0.1) is 0 Å². The SMILES string of the molecule is O=C(NC1c2ccccc2Oc2ccccc21)c1cccc(OCc2cccnc2)c1. The van der Waals surface area contributed by atoms with Crippen LogP contribution in [0.1, 0.15) is 33.1 Å². The van der Waals surface area contributed by atoms with E-state index in [1.165, 1.54) is 0 Å². The summed E-state index contributed by atoms with van der Waals surface area (Å²) in [6.45, 7) is 0.389. The van der Waals surface area contributed by atoms with Crippen molar-refractivity contribution in [3.05, 3.63) is 120 Å². The molecule has 4 aromatic rings. The minimum Gasteiger partial charge on any atom is -0.489 e. The molecule has 0 saturated carbocycles. The highest BCUT2D eigenvalue weighted by molar-refractivity contribution is 5.95. The minimum atomic E-state index is -0.298. The second-order valence-corrected chi connectivity index (χ2v) is 7.26. The largest absolute Gasteiger partial charge is 0.489 e. The van der Waals surface area contributed by atoms with Gasteiger partial charge in [0.25, 0.3) is 5.91 Å². The highest BCUT2D eigenvalue weighted by atomic mass is 16.5. The van der Waals surface area contributed by atoms with Crippen LogP contribution in [0.2, 0.25) is 0 Å². The van der Waals surface area contributed by atoms with E-state index in [-0.39, 0.29) is 11.9 Å². The van der Waals surface area contributed by atoms with E-state index < -0.39 is 0 Å². The summed E-state index contributed by atoms with van der Waals surface area (Å²) < 4.78 is 11.9. The lowest BCUT2D eigenvalue weighted by Gasteiger charge is -2.28. The van der Waals surface area contributed by atoms with Crippen LogP contribution in [0.25, 0.3) is 0 Å². The lowest BCUT2D eigenvalue weighted by molar-refractivity contribution is 0.0941. The standard InChI is InChI=1S/C26H20N2O3/c29-26(19-8-5-9-20(15-19)30-17-18-7-6-14-27-16-18)28-25-21-10-1-3-12-23(21)31-24-13-4-2-11-22(24)25/h1-16,25H,17H2,(H,28,29). The van der Waals surface area contributed by atoms with E-state index in [4.69, 9.17) is 9.47 Å². The summed E-state index contributed by atoms with van der Waals surface area (Å²) in [5.74, 6) is 1.95. The number of carbonyl (C=O) groups excluding carboxylic acids is 1. The molecular weight excluding hydrogens is 388 g/mol. The molecule has 1 aliphatic rings. The van der Waals surface area contributed by atoms with E-state index in [1.54, 1.807) is 24.5 Å². The van der Waals surface area contributed by atoms with Crippen molar-refractivity contribution in [3.8, 4) is 17.2 Å². The Bertz CT molecular complexity index is 1180. The molecular formula is C26H20N2O3. The average molecular weight is 408 g/mol. The van der Waals surface area contributed by atoms with Crippen LogP contribution < -0.4 is 14.8 Å². The number of benzene rings is 3. The number of hydrogen-bond donors (Lipinski definition) is 1. The zero-order valence-corrected chi connectivity index (χ0v) is 16.7. The molecule has 152 valence electrons. The van der Waals surface area contributed by atoms with E-state index >= 15 is 0 Å². The van der Waals surface area contributed by atoms with Gasteiger partial charge in [-0.2, -0.15) is 0 Å². The van der Waals surface area contributed by atoms with Crippen LogP contribution in [0.5, 0.6) is 17.2 Å². The van der Waals surface area contributed by atoms with Gasteiger partial charge in [-0.25, -0.2) is 0 Å². The van der Waals surface area contributed by atoms with E-state index in [0.717, 1.165) is 28.2 Å². The summed E-state index contributed by atoms with van der Waals surface area (Å²) >= 11 is 0. The van der Waals surface area contributed by atoms with Crippen LogP contribution in [-0.2, 0) is 6.61 Å².